The number of hydrogen-bond acceptors (Lipinski definition) is 1. The number of rotatable bonds is 8. The molecular formula is C17H26Cl3N. The number of nitrogens with one attached hydrogen (secondary N) is 1. The summed E-state index contributed by atoms with van der Waals surface area (Å²) in [4.78, 5) is 0. The van der Waals surface area contributed by atoms with Crippen molar-refractivity contribution in [2.45, 2.75) is 47.0 Å². The largest absolute Gasteiger partial charge is 0.316 e. The third-order valence-corrected chi connectivity index (χ3v) is 4.58. The number of halogens is 3. The fraction of sp³-hybridized carbons (Fsp3) is 0.647. The highest BCUT2D eigenvalue weighted by Crippen LogP contribution is 2.33. The third-order valence-electron chi connectivity index (χ3n) is 3.69. The van der Waals surface area contributed by atoms with Crippen LogP contribution in [-0.4, -0.2) is 13.1 Å². The summed E-state index contributed by atoms with van der Waals surface area (Å²) in [6.07, 6.45) is 3.08. The molecule has 0 aliphatic rings. The van der Waals surface area contributed by atoms with Crippen LogP contribution in [-0.2, 0) is 6.42 Å². The van der Waals surface area contributed by atoms with E-state index >= 15 is 0 Å². The summed E-state index contributed by atoms with van der Waals surface area (Å²) in [7, 11) is 0. The van der Waals surface area contributed by atoms with E-state index in [1.807, 2.05) is 0 Å². The van der Waals surface area contributed by atoms with E-state index in [0.29, 0.717) is 21.0 Å². The van der Waals surface area contributed by atoms with Crippen LogP contribution in [0.5, 0.6) is 0 Å². The monoisotopic (exact) mass is 349 g/mol. The highest BCUT2D eigenvalue weighted by Gasteiger charge is 2.19. The van der Waals surface area contributed by atoms with Crippen LogP contribution in [0.4, 0.5) is 0 Å². The molecule has 0 unspecified atom stereocenters. The first-order valence-corrected chi connectivity index (χ1v) is 8.69. The van der Waals surface area contributed by atoms with Crippen molar-refractivity contribution >= 4 is 34.8 Å². The Morgan fingerprint density at radius 1 is 1.05 bits per heavy atom. The van der Waals surface area contributed by atoms with E-state index in [9.17, 15) is 0 Å². The SMILES string of the molecule is CC(C)CNCCC(C)(C)CCc1c(Cl)cc(Cl)cc1Cl. The maximum Gasteiger partial charge on any atom is 0.0467 e. The average Bonchev–Trinajstić information content (AvgIpc) is 2.33. The van der Waals surface area contributed by atoms with E-state index in [1.165, 1.54) is 0 Å². The van der Waals surface area contributed by atoms with Crippen molar-refractivity contribution in [2.75, 3.05) is 13.1 Å². The van der Waals surface area contributed by atoms with Crippen molar-refractivity contribution in [1.82, 2.24) is 5.32 Å². The Kier molecular flexibility index (Phi) is 7.84. The van der Waals surface area contributed by atoms with Crippen LogP contribution in [0.15, 0.2) is 12.1 Å². The molecule has 0 saturated carbocycles. The zero-order valence-corrected chi connectivity index (χ0v) is 15.7. The number of benzene rings is 1. The molecule has 21 heavy (non-hydrogen) atoms. The molecule has 0 amide bonds. The van der Waals surface area contributed by atoms with E-state index in [0.717, 1.165) is 37.9 Å². The van der Waals surface area contributed by atoms with Gasteiger partial charge in [-0.05, 0) is 61.4 Å². The summed E-state index contributed by atoms with van der Waals surface area (Å²) in [6, 6.07) is 3.53. The van der Waals surface area contributed by atoms with Crippen LogP contribution in [0.1, 0.15) is 46.1 Å². The lowest BCUT2D eigenvalue weighted by molar-refractivity contribution is 0.300. The van der Waals surface area contributed by atoms with E-state index in [4.69, 9.17) is 34.8 Å². The highest BCUT2D eigenvalue weighted by molar-refractivity contribution is 6.39. The Morgan fingerprint density at radius 2 is 1.62 bits per heavy atom. The molecule has 0 aliphatic carbocycles. The lowest BCUT2D eigenvalue weighted by atomic mass is 9.83. The predicted molar refractivity (Wildman–Crippen MR) is 95.9 cm³/mol. The first-order valence-electron chi connectivity index (χ1n) is 7.55. The molecule has 0 spiro atoms. The van der Waals surface area contributed by atoms with Crippen LogP contribution in [0.2, 0.25) is 15.1 Å². The van der Waals surface area contributed by atoms with Gasteiger partial charge in [0.2, 0.25) is 0 Å². The zero-order chi connectivity index (χ0) is 16.0. The summed E-state index contributed by atoms with van der Waals surface area (Å²) in [6.45, 7) is 11.2. The molecule has 0 heterocycles. The standard InChI is InChI=1S/C17H26Cl3N/c1-12(2)11-21-8-7-17(3,4)6-5-14-15(19)9-13(18)10-16(14)20/h9-10,12,21H,5-8,11H2,1-4H3. The van der Waals surface area contributed by atoms with E-state index < -0.39 is 0 Å². The van der Waals surface area contributed by atoms with Crippen molar-refractivity contribution in [3.8, 4) is 0 Å². The van der Waals surface area contributed by atoms with Gasteiger partial charge in [0, 0.05) is 15.1 Å². The van der Waals surface area contributed by atoms with Gasteiger partial charge in [-0.15, -0.1) is 0 Å². The Morgan fingerprint density at radius 3 is 2.14 bits per heavy atom. The summed E-state index contributed by atoms with van der Waals surface area (Å²) in [5, 5.41) is 5.42. The van der Waals surface area contributed by atoms with Crippen LogP contribution in [0.3, 0.4) is 0 Å². The van der Waals surface area contributed by atoms with Gasteiger partial charge in [0.25, 0.3) is 0 Å². The van der Waals surface area contributed by atoms with Gasteiger partial charge in [0.05, 0.1) is 0 Å². The summed E-state index contributed by atoms with van der Waals surface area (Å²) >= 11 is 18.4. The Labute approximate surface area is 144 Å². The number of hydrogen-bond donors (Lipinski definition) is 1. The summed E-state index contributed by atoms with van der Waals surface area (Å²) < 4.78 is 0. The molecule has 1 aromatic carbocycles. The van der Waals surface area contributed by atoms with Crippen LogP contribution in [0.25, 0.3) is 0 Å². The molecule has 0 atom stereocenters. The molecule has 1 aromatic rings. The van der Waals surface area contributed by atoms with Crippen LogP contribution >= 0.6 is 34.8 Å². The quantitative estimate of drug-likeness (QED) is 0.547. The van der Waals surface area contributed by atoms with Crippen molar-refractivity contribution in [3.05, 3.63) is 32.8 Å². The Hall–Kier alpha value is 0.0500. The zero-order valence-electron chi connectivity index (χ0n) is 13.4. The van der Waals surface area contributed by atoms with Crippen molar-refractivity contribution in [3.63, 3.8) is 0 Å². The fourth-order valence-electron chi connectivity index (χ4n) is 2.22. The molecule has 1 nitrogen and oxygen atoms in total. The van der Waals surface area contributed by atoms with E-state index in [2.05, 4.69) is 33.0 Å². The highest BCUT2D eigenvalue weighted by atomic mass is 35.5. The van der Waals surface area contributed by atoms with Gasteiger partial charge in [0.15, 0.2) is 0 Å². The second-order valence-electron chi connectivity index (χ2n) is 6.86. The lowest BCUT2D eigenvalue weighted by Gasteiger charge is -2.25. The second kappa shape index (κ2) is 8.62. The Bertz CT molecular complexity index is 432. The van der Waals surface area contributed by atoms with Gasteiger partial charge >= 0.3 is 0 Å². The average molecular weight is 351 g/mol. The molecule has 1 rings (SSSR count). The van der Waals surface area contributed by atoms with Crippen LogP contribution in [0, 0.1) is 11.3 Å². The molecule has 0 aromatic heterocycles. The molecule has 0 radical (unpaired) electrons. The van der Waals surface area contributed by atoms with Crippen molar-refractivity contribution in [2.24, 2.45) is 11.3 Å². The van der Waals surface area contributed by atoms with Crippen molar-refractivity contribution in [1.29, 1.82) is 0 Å². The fourth-order valence-corrected chi connectivity index (χ4v) is 3.22. The molecule has 0 aliphatic heterocycles. The van der Waals surface area contributed by atoms with Crippen LogP contribution < -0.4 is 5.32 Å². The van der Waals surface area contributed by atoms with Crippen molar-refractivity contribution < 1.29 is 0 Å². The van der Waals surface area contributed by atoms with Gasteiger partial charge in [-0.2, -0.15) is 0 Å². The third kappa shape index (κ3) is 7.23. The summed E-state index contributed by atoms with van der Waals surface area (Å²) in [5.41, 5.74) is 1.27. The molecule has 4 heteroatoms. The van der Waals surface area contributed by atoms with Gasteiger partial charge in [-0.3, -0.25) is 0 Å². The molecule has 0 saturated heterocycles. The predicted octanol–water partition coefficient (Wildman–Crippen LogP) is 6.24. The van der Waals surface area contributed by atoms with E-state index in [1.54, 1.807) is 12.1 Å². The molecular weight excluding hydrogens is 325 g/mol. The second-order valence-corrected chi connectivity index (χ2v) is 8.11. The van der Waals surface area contributed by atoms with Gasteiger partial charge in [-0.25, -0.2) is 0 Å². The first-order chi connectivity index (χ1) is 9.71. The lowest BCUT2D eigenvalue weighted by Crippen LogP contribution is -2.25. The first kappa shape index (κ1) is 19.1. The minimum atomic E-state index is 0.260. The van der Waals surface area contributed by atoms with E-state index in [-0.39, 0.29) is 5.41 Å². The molecule has 1 N–H and O–H groups in total. The molecule has 0 bridgehead atoms. The van der Waals surface area contributed by atoms with Gasteiger partial charge < -0.3 is 5.32 Å². The van der Waals surface area contributed by atoms with Gasteiger partial charge in [-0.1, -0.05) is 62.5 Å². The maximum atomic E-state index is 6.24. The molecule has 0 fully saturated rings. The topological polar surface area (TPSA) is 12.0 Å². The normalized spacial score (nSPS) is 12.2. The minimum absolute atomic E-state index is 0.260. The maximum absolute atomic E-state index is 6.24. The minimum Gasteiger partial charge on any atom is -0.316 e. The Balaban J connectivity index is 2.49. The smallest absolute Gasteiger partial charge is 0.0467 e. The van der Waals surface area contributed by atoms with Gasteiger partial charge in [0.1, 0.15) is 0 Å². The molecule has 120 valence electrons. The summed E-state index contributed by atoms with van der Waals surface area (Å²) in [5.74, 6) is 0.694.